The molecule has 22 heavy (non-hydrogen) atoms. The number of rotatable bonds is 2. The molecular formula is C19H23BN2. The second-order valence-corrected chi connectivity index (χ2v) is 5.27. The first-order valence-electron chi connectivity index (χ1n) is 7.81. The highest BCUT2D eigenvalue weighted by Crippen LogP contribution is 2.28. The van der Waals surface area contributed by atoms with Crippen molar-refractivity contribution in [3.8, 4) is 0 Å². The third kappa shape index (κ3) is 3.42. The molecule has 2 N–H and O–H groups in total. The smallest absolute Gasteiger partial charge is 0.113 e. The van der Waals surface area contributed by atoms with Crippen molar-refractivity contribution in [2.24, 2.45) is 0 Å². The minimum Gasteiger partial charge on any atom is -0.320 e. The van der Waals surface area contributed by atoms with Crippen LogP contribution in [0, 0.1) is 13.8 Å². The Morgan fingerprint density at radius 3 is 2.27 bits per heavy atom. The van der Waals surface area contributed by atoms with Crippen molar-refractivity contribution in [3.63, 3.8) is 0 Å². The molecule has 3 rings (SSSR count). The van der Waals surface area contributed by atoms with Gasteiger partial charge in [0.05, 0.1) is 5.70 Å². The monoisotopic (exact) mass is 290 g/mol. The Bertz CT molecular complexity index is 672. The molecule has 2 nitrogen and oxygen atoms in total. The fourth-order valence-electron chi connectivity index (χ4n) is 2.64. The van der Waals surface area contributed by atoms with E-state index >= 15 is 0 Å². The van der Waals surface area contributed by atoms with Crippen LogP contribution in [0.15, 0.2) is 42.5 Å². The largest absolute Gasteiger partial charge is 0.320 e. The SMILES string of the molecule is CC.[B]c1ccc(C2=C(c3ccc(C)cc3C)NNC2)cc1. The molecule has 2 aromatic rings. The number of benzene rings is 2. The summed E-state index contributed by atoms with van der Waals surface area (Å²) in [4.78, 5) is 0. The van der Waals surface area contributed by atoms with Crippen LogP contribution in [-0.2, 0) is 0 Å². The first kappa shape index (κ1) is 16.4. The standard InChI is InChI=1S/C17H17BN2.C2H6/c1-11-3-8-15(12(2)9-11)17-16(10-19-20-17)13-4-6-14(18)7-5-13;1-2/h3-9,19-20H,10H2,1-2H3;1-2H3. The predicted octanol–water partition coefficient (Wildman–Crippen LogP) is 3.10. The van der Waals surface area contributed by atoms with E-state index in [0.717, 1.165) is 17.7 Å². The zero-order valence-electron chi connectivity index (χ0n) is 13.8. The van der Waals surface area contributed by atoms with Gasteiger partial charge in [0.15, 0.2) is 0 Å². The van der Waals surface area contributed by atoms with Crippen molar-refractivity contribution in [1.82, 2.24) is 10.9 Å². The topological polar surface area (TPSA) is 24.1 Å². The Hall–Kier alpha value is -2.00. The van der Waals surface area contributed by atoms with Crippen molar-refractivity contribution in [3.05, 3.63) is 64.7 Å². The third-order valence-corrected chi connectivity index (χ3v) is 3.69. The summed E-state index contributed by atoms with van der Waals surface area (Å²) in [5.41, 5.74) is 14.8. The lowest BCUT2D eigenvalue weighted by Gasteiger charge is -2.11. The van der Waals surface area contributed by atoms with Crippen molar-refractivity contribution in [2.75, 3.05) is 6.54 Å². The maximum atomic E-state index is 5.76. The highest BCUT2D eigenvalue weighted by atomic mass is 15.4. The Labute approximate surface area is 135 Å². The average molecular weight is 290 g/mol. The average Bonchev–Trinajstić information content (AvgIpc) is 2.99. The number of hydrogen-bond acceptors (Lipinski definition) is 2. The lowest BCUT2D eigenvalue weighted by Crippen LogP contribution is -2.23. The van der Waals surface area contributed by atoms with Gasteiger partial charge in [0.25, 0.3) is 0 Å². The van der Waals surface area contributed by atoms with Gasteiger partial charge in [-0.15, -0.1) is 0 Å². The highest BCUT2D eigenvalue weighted by Gasteiger charge is 2.18. The molecule has 2 radical (unpaired) electrons. The van der Waals surface area contributed by atoms with Crippen LogP contribution in [0.2, 0.25) is 0 Å². The van der Waals surface area contributed by atoms with Crippen molar-refractivity contribution in [1.29, 1.82) is 0 Å². The van der Waals surface area contributed by atoms with E-state index < -0.39 is 0 Å². The van der Waals surface area contributed by atoms with E-state index in [2.05, 4.69) is 55.0 Å². The van der Waals surface area contributed by atoms with Crippen LogP contribution in [0.5, 0.6) is 0 Å². The maximum Gasteiger partial charge on any atom is 0.113 e. The molecule has 0 saturated carbocycles. The van der Waals surface area contributed by atoms with Crippen molar-refractivity contribution >= 4 is 24.6 Å². The number of hydrogen-bond donors (Lipinski definition) is 2. The molecule has 0 bridgehead atoms. The number of nitrogens with one attached hydrogen (secondary N) is 2. The first-order chi connectivity index (χ1) is 10.6. The maximum absolute atomic E-state index is 5.76. The third-order valence-electron chi connectivity index (χ3n) is 3.69. The van der Waals surface area contributed by atoms with E-state index in [1.54, 1.807) is 0 Å². The van der Waals surface area contributed by atoms with Crippen LogP contribution in [-0.4, -0.2) is 14.4 Å². The van der Waals surface area contributed by atoms with Gasteiger partial charge >= 0.3 is 0 Å². The van der Waals surface area contributed by atoms with E-state index in [-0.39, 0.29) is 0 Å². The van der Waals surface area contributed by atoms with Gasteiger partial charge in [-0.2, -0.15) is 0 Å². The fraction of sp³-hybridized carbons (Fsp3) is 0.263. The van der Waals surface area contributed by atoms with E-state index in [9.17, 15) is 0 Å². The molecule has 0 fully saturated rings. The van der Waals surface area contributed by atoms with Crippen molar-refractivity contribution < 1.29 is 0 Å². The molecule has 1 aliphatic heterocycles. The van der Waals surface area contributed by atoms with Crippen LogP contribution >= 0.6 is 0 Å². The fourth-order valence-corrected chi connectivity index (χ4v) is 2.64. The van der Waals surface area contributed by atoms with Gasteiger partial charge in [0, 0.05) is 17.7 Å². The lowest BCUT2D eigenvalue weighted by atomic mass is 9.92. The molecule has 0 atom stereocenters. The summed E-state index contributed by atoms with van der Waals surface area (Å²) in [7, 11) is 5.76. The first-order valence-corrected chi connectivity index (χ1v) is 7.81. The van der Waals surface area contributed by atoms with Gasteiger partial charge in [-0.05, 0) is 25.0 Å². The highest BCUT2D eigenvalue weighted by molar-refractivity contribution is 6.32. The Balaban J connectivity index is 0.000000847. The van der Waals surface area contributed by atoms with Crippen LogP contribution in [0.4, 0.5) is 0 Å². The summed E-state index contributed by atoms with van der Waals surface area (Å²) < 4.78 is 0. The minimum absolute atomic E-state index is 0.793. The Morgan fingerprint density at radius 1 is 0.955 bits per heavy atom. The van der Waals surface area contributed by atoms with E-state index in [1.807, 2.05) is 26.0 Å². The zero-order valence-corrected chi connectivity index (χ0v) is 13.8. The summed E-state index contributed by atoms with van der Waals surface area (Å²) in [6, 6.07) is 14.6. The second kappa shape index (κ2) is 7.32. The zero-order chi connectivity index (χ0) is 16.1. The Morgan fingerprint density at radius 2 is 1.64 bits per heavy atom. The van der Waals surface area contributed by atoms with Gasteiger partial charge in [0.2, 0.25) is 0 Å². The molecule has 1 heterocycles. The molecule has 3 heteroatoms. The molecule has 0 unspecified atom stereocenters. The van der Waals surface area contributed by atoms with Gasteiger partial charge < -0.3 is 5.43 Å². The predicted molar refractivity (Wildman–Crippen MR) is 97.0 cm³/mol. The van der Waals surface area contributed by atoms with Crippen LogP contribution in [0.3, 0.4) is 0 Å². The summed E-state index contributed by atoms with van der Waals surface area (Å²) in [6.45, 7) is 9.08. The summed E-state index contributed by atoms with van der Waals surface area (Å²) in [6.07, 6.45) is 0. The lowest BCUT2D eigenvalue weighted by molar-refractivity contribution is 0.741. The van der Waals surface area contributed by atoms with Gasteiger partial charge in [0.1, 0.15) is 7.85 Å². The molecule has 2 aromatic carbocycles. The van der Waals surface area contributed by atoms with Crippen LogP contribution < -0.4 is 16.3 Å². The van der Waals surface area contributed by atoms with Crippen LogP contribution in [0.25, 0.3) is 11.3 Å². The number of hydrazine groups is 1. The molecule has 0 aromatic heterocycles. The van der Waals surface area contributed by atoms with Gasteiger partial charge in [-0.25, -0.2) is 5.43 Å². The number of aryl methyl sites for hydroxylation is 2. The summed E-state index contributed by atoms with van der Waals surface area (Å²) >= 11 is 0. The van der Waals surface area contributed by atoms with Crippen LogP contribution in [0.1, 0.15) is 36.1 Å². The summed E-state index contributed by atoms with van der Waals surface area (Å²) in [5.74, 6) is 0. The minimum atomic E-state index is 0.793. The van der Waals surface area contributed by atoms with Crippen molar-refractivity contribution in [2.45, 2.75) is 27.7 Å². The second-order valence-electron chi connectivity index (χ2n) is 5.27. The molecule has 112 valence electrons. The molecule has 0 amide bonds. The van der Waals surface area contributed by atoms with Gasteiger partial charge in [-0.1, -0.05) is 67.3 Å². The quantitative estimate of drug-likeness (QED) is 0.831. The molecule has 1 aliphatic rings. The van der Waals surface area contributed by atoms with Gasteiger partial charge in [-0.3, -0.25) is 0 Å². The molecule has 0 spiro atoms. The van der Waals surface area contributed by atoms with E-state index in [0.29, 0.717) is 0 Å². The normalized spacial score (nSPS) is 13.5. The molecule has 0 saturated heterocycles. The van der Waals surface area contributed by atoms with E-state index in [4.69, 9.17) is 7.85 Å². The Kier molecular flexibility index (Phi) is 5.45. The van der Waals surface area contributed by atoms with E-state index in [1.165, 1.54) is 27.8 Å². The molecule has 0 aliphatic carbocycles. The molecular weight excluding hydrogens is 267 g/mol. The summed E-state index contributed by atoms with van der Waals surface area (Å²) in [5, 5.41) is 0.